The summed E-state index contributed by atoms with van der Waals surface area (Å²) in [7, 11) is -3.31. The number of alkyl halides is 3. The fourth-order valence-electron chi connectivity index (χ4n) is 3.13. The van der Waals surface area contributed by atoms with Gasteiger partial charge in [0.05, 0.1) is 11.8 Å². The molecular weight excluding hydrogens is 343 g/mol. The van der Waals surface area contributed by atoms with E-state index in [1.54, 1.807) is 12.3 Å². The molecule has 1 fully saturated rings. The summed E-state index contributed by atoms with van der Waals surface area (Å²) in [6, 6.07) is 3.74. The second-order valence-electron chi connectivity index (χ2n) is 6.10. The van der Waals surface area contributed by atoms with Crippen LogP contribution in [0.25, 0.3) is 10.9 Å². The van der Waals surface area contributed by atoms with Crippen LogP contribution in [0.2, 0.25) is 0 Å². The number of nitrogens with zero attached hydrogens (tertiary/aromatic N) is 2. The van der Waals surface area contributed by atoms with Gasteiger partial charge >= 0.3 is 6.18 Å². The SMILES string of the molecule is C[C@H]1CN(S(C)(=O)=O)CCN1c1cc(C(F)(F)F)cc2[nH]ccc12. The number of anilines is 1. The number of piperazine rings is 1. The Kier molecular flexibility index (Phi) is 4.03. The Hall–Kier alpha value is -1.74. The van der Waals surface area contributed by atoms with E-state index in [0.717, 1.165) is 18.4 Å². The van der Waals surface area contributed by atoms with Crippen LogP contribution in [0.5, 0.6) is 0 Å². The Bertz CT molecular complexity index is 860. The summed E-state index contributed by atoms with van der Waals surface area (Å²) in [4.78, 5) is 4.67. The first kappa shape index (κ1) is 17.1. The molecule has 1 aliphatic rings. The van der Waals surface area contributed by atoms with E-state index < -0.39 is 21.8 Å². The number of rotatable bonds is 2. The van der Waals surface area contributed by atoms with Gasteiger partial charge in [0, 0.05) is 48.5 Å². The molecule has 2 aromatic rings. The van der Waals surface area contributed by atoms with Crippen LogP contribution < -0.4 is 4.90 Å². The Balaban J connectivity index is 2.02. The number of sulfonamides is 1. The lowest BCUT2D eigenvalue weighted by Gasteiger charge is -2.40. The molecule has 24 heavy (non-hydrogen) atoms. The highest BCUT2D eigenvalue weighted by Gasteiger charge is 2.34. The molecule has 1 aromatic carbocycles. The number of hydrogen-bond acceptors (Lipinski definition) is 3. The van der Waals surface area contributed by atoms with Crippen LogP contribution in [-0.2, 0) is 16.2 Å². The third-order valence-corrected chi connectivity index (χ3v) is 5.61. The second-order valence-corrected chi connectivity index (χ2v) is 8.08. The topological polar surface area (TPSA) is 56.4 Å². The van der Waals surface area contributed by atoms with Crippen LogP contribution in [0.4, 0.5) is 18.9 Å². The van der Waals surface area contributed by atoms with Crippen molar-refractivity contribution >= 4 is 26.6 Å². The summed E-state index contributed by atoms with van der Waals surface area (Å²) in [6.07, 6.45) is -1.69. The van der Waals surface area contributed by atoms with Crippen molar-refractivity contribution in [3.8, 4) is 0 Å². The zero-order valence-corrected chi connectivity index (χ0v) is 14.1. The third-order valence-electron chi connectivity index (χ3n) is 4.34. The Morgan fingerprint density at radius 1 is 1.25 bits per heavy atom. The van der Waals surface area contributed by atoms with Crippen molar-refractivity contribution in [1.82, 2.24) is 9.29 Å². The Morgan fingerprint density at radius 3 is 2.54 bits per heavy atom. The smallest absolute Gasteiger partial charge is 0.366 e. The highest BCUT2D eigenvalue weighted by atomic mass is 32.2. The van der Waals surface area contributed by atoms with Crippen molar-refractivity contribution < 1.29 is 21.6 Å². The average Bonchev–Trinajstić information content (AvgIpc) is 2.92. The average molecular weight is 361 g/mol. The Labute approximate surface area is 138 Å². The number of nitrogens with one attached hydrogen (secondary N) is 1. The first-order valence-electron chi connectivity index (χ1n) is 7.47. The maximum atomic E-state index is 13.2. The highest BCUT2D eigenvalue weighted by molar-refractivity contribution is 7.88. The van der Waals surface area contributed by atoms with E-state index in [9.17, 15) is 21.6 Å². The van der Waals surface area contributed by atoms with Gasteiger partial charge in [-0.25, -0.2) is 8.42 Å². The van der Waals surface area contributed by atoms with Gasteiger partial charge in [-0.15, -0.1) is 0 Å². The zero-order valence-electron chi connectivity index (χ0n) is 13.3. The molecule has 132 valence electrons. The number of hydrogen-bond donors (Lipinski definition) is 1. The quantitative estimate of drug-likeness (QED) is 0.895. The van der Waals surface area contributed by atoms with Crippen LogP contribution in [0.15, 0.2) is 24.4 Å². The first-order chi connectivity index (χ1) is 11.1. The van der Waals surface area contributed by atoms with Crippen molar-refractivity contribution in [2.24, 2.45) is 0 Å². The van der Waals surface area contributed by atoms with Gasteiger partial charge < -0.3 is 9.88 Å². The summed E-state index contributed by atoms with van der Waals surface area (Å²) in [5.74, 6) is 0. The van der Waals surface area contributed by atoms with Gasteiger partial charge in [0.25, 0.3) is 0 Å². The number of aromatic nitrogens is 1. The monoisotopic (exact) mass is 361 g/mol. The molecule has 1 aliphatic heterocycles. The predicted octanol–water partition coefficient (Wildman–Crippen LogP) is 2.66. The highest BCUT2D eigenvalue weighted by Crippen LogP contribution is 2.37. The summed E-state index contributed by atoms with van der Waals surface area (Å²) in [5.41, 5.74) is 0.171. The number of halogens is 3. The van der Waals surface area contributed by atoms with Gasteiger partial charge in [-0.2, -0.15) is 17.5 Å². The van der Waals surface area contributed by atoms with Gasteiger partial charge in [0.15, 0.2) is 0 Å². The molecule has 0 unspecified atom stereocenters. The third kappa shape index (κ3) is 3.10. The molecule has 3 rings (SSSR count). The zero-order chi connectivity index (χ0) is 17.7. The predicted molar refractivity (Wildman–Crippen MR) is 86.5 cm³/mol. The Morgan fingerprint density at radius 2 is 1.96 bits per heavy atom. The normalized spacial score (nSPS) is 20.7. The second kappa shape index (κ2) is 5.66. The van der Waals surface area contributed by atoms with Crippen molar-refractivity contribution in [2.45, 2.75) is 19.1 Å². The van der Waals surface area contributed by atoms with E-state index in [1.807, 2.05) is 11.8 Å². The van der Waals surface area contributed by atoms with Crippen molar-refractivity contribution in [1.29, 1.82) is 0 Å². The maximum absolute atomic E-state index is 13.2. The van der Waals surface area contributed by atoms with Gasteiger partial charge in [-0.05, 0) is 25.1 Å². The molecule has 1 atom stereocenters. The lowest BCUT2D eigenvalue weighted by molar-refractivity contribution is -0.137. The van der Waals surface area contributed by atoms with E-state index in [1.165, 1.54) is 4.31 Å². The number of fused-ring (bicyclic) bond motifs is 1. The fraction of sp³-hybridized carbons (Fsp3) is 0.467. The molecule has 1 saturated heterocycles. The number of H-pyrrole nitrogens is 1. The molecule has 0 saturated carbocycles. The lowest BCUT2D eigenvalue weighted by atomic mass is 10.1. The van der Waals surface area contributed by atoms with Crippen molar-refractivity contribution in [3.63, 3.8) is 0 Å². The summed E-state index contributed by atoms with van der Waals surface area (Å²) < 4.78 is 64.2. The van der Waals surface area contributed by atoms with Crippen LogP contribution in [0.1, 0.15) is 12.5 Å². The largest absolute Gasteiger partial charge is 0.416 e. The first-order valence-corrected chi connectivity index (χ1v) is 9.32. The minimum absolute atomic E-state index is 0.227. The molecule has 0 amide bonds. The molecule has 0 bridgehead atoms. The molecule has 5 nitrogen and oxygen atoms in total. The van der Waals surface area contributed by atoms with E-state index >= 15 is 0 Å². The summed E-state index contributed by atoms with van der Waals surface area (Å²) >= 11 is 0. The van der Waals surface area contributed by atoms with E-state index in [0.29, 0.717) is 23.1 Å². The van der Waals surface area contributed by atoms with E-state index in [2.05, 4.69) is 4.98 Å². The molecule has 0 radical (unpaired) electrons. The van der Waals surface area contributed by atoms with Gasteiger partial charge in [0.1, 0.15) is 0 Å². The molecule has 0 spiro atoms. The maximum Gasteiger partial charge on any atom is 0.416 e. The van der Waals surface area contributed by atoms with Crippen molar-refractivity contribution in [3.05, 3.63) is 30.0 Å². The molecule has 1 N–H and O–H groups in total. The van der Waals surface area contributed by atoms with Crippen molar-refractivity contribution in [2.75, 3.05) is 30.8 Å². The van der Waals surface area contributed by atoms with E-state index in [-0.39, 0.29) is 19.1 Å². The molecular formula is C15H18F3N3O2S. The van der Waals surface area contributed by atoms with Crippen LogP contribution in [-0.4, -0.2) is 49.6 Å². The standard InChI is InChI=1S/C15H18F3N3O2S/c1-10-9-20(24(2,22)23)5-6-21(10)14-8-11(15(16,17)18)7-13-12(14)3-4-19-13/h3-4,7-8,10,19H,5-6,9H2,1-2H3/t10-/m0/s1. The van der Waals surface area contributed by atoms with Crippen LogP contribution in [0.3, 0.4) is 0 Å². The minimum Gasteiger partial charge on any atom is -0.366 e. The fourth-order valence-corrected chi connectivity index (χ4v) is 4.03. The van der Waals surface area contributed by atoms with Crippen LogP contribution >= 0.6 is 0 Å². The minimum atomic E-state index is -4.44. The molecule has 2 heterocycles. The summed E-state index contributed by atoms with van der Waals surface area (Å²) in [6.45, 7) is 2.66. The molecule has 9 heteroatoms. The molecule has 0 aliphatic carbocycles. The van der Waals surface area contributed by atoms with E-state index in [4.69, 9.17) is 0 Å². The van der Waals surface area contributed by atoms with Gasteiger partial charge in [0.2, 0.25) is 10.0 Å². The van der Waals surface area contributed by atoms with Gasteiger partial charge in [-0.1, -0.05) is 0 Å². The number of benzene rings is 1. The summed E-state index contributed by atoms with van der Waals surface area (Å²) in [5, 5.41) is 0.697. The van der Waals surface area contributed by atoms with Gasteiger partial charge in [-0.3, -0.25) is 0 Å². The number of aromatic amines is 1. The van der Waals surface area contributed by atoms with Crippen LogP contribution in [0, 0.1) is 0 Å². The molecule has 1 aromatic heterocycles. The lowest BCUT2D eigenvalue weighted by Crippen LogP contribution is -2.53.